The molecule has 0 bridgehead atoms. The number of hydrogen-bond acceptors (Lipinski definition) is 3. The minimum atomic E-state index is 0.473. The van der Waals surface area contributed by atoms with E-state index in [4.69, 9.17) is 21.7 Å². The van der Waals surface area contributed by atoms with E-state index in [-0.39, 0.29) is 0 Å². The molecule has 0 N–H and O–H groups in total. The van der Waals surface area contributed by atoms with E-state index in [9.17, 15) is 0 Å². The molecule has 2 rings (SSSR count). The molecule has 3 nitrogen and oxygen atoms in total. The fraction of sp³-hybridized carbons (Fsp3) is 0.133. The molecule has 0 heterocycles. The van der Waals surface area contributed by atoms with Gasteiger partial charge in [-0.25, -0.2) is 0 Å². The van der Waals surface area contributed by atoms with Gasteiger partial charge in [-0.3, -0.25) is 4.90 Å². The molecule has 104 valence electrons. The van der Waals surface area contributed by atoms with E-state index < -0.39 is 0 Å². The highest BCUT2D eigenvalue weighted by atomic mass is 32.1. The summed E-state index contributed by atoms with van der Waals surface area (Å²) in [6, 6.07) is 15.3. The molecular formula is C15H15NO2S2. The molecule has 0 fully saturated rings. The Hall–Kier alpha value is -1.72. The Balaban J connectivity index is 2.36. The van der Waals surface area contributed by atoms with Crippen LogP contribution >= 0.6 is 24.8 Å². The van der Waals surface area contributed by atoms with Gasteiger partial charge in [0.05, 0.1) is 14.2 Å². The van der Waals surface area contributed by atoms with Gasteiger partial charge in [0.2, 0.25) is 0 Å². The van der Waals surface area contributed by atoms with Crippen molar-refractivity contribution in [1.29, 1.82) is 0 Å². The summed E-state index contributed by atoms with van der Waals surface area (Å²) < 4.78 is 10.8. The topological polar surface area (TPSA) is 21.7 Å². The summed E-state index contributed by atoms with van der Waals surface area (Å²) in [4.78, 5) is 1.87. The van der Waals surface area contributed by atoms with Gasteiger partial charge in [-0.2, -0.15) is 0 Å². The third-order valence-electron chi connectivity index (χ3n) is 2.85. The second-order valence-corrected chi connectivity index (χ2v) is 5.13. The predicted molar refractivity (Wildman–Crippen MR) is 89.7 cm³/mol. The number of anilines is 2. The number of hydrogen-bond donors (Lipinski definition) is 1. The summed E-state index contributed by atoms with van der Waals surface area (Å²) in [5.41, 5.74) is 1.85. The number of thiocarbonyl (C=S) groups is 1. The summed E-state index contributed by atoms with van der Waals surface area (Å²) in [5.74, 6) is 1.60. The predicted octanol–water partition coefficient (Wildman–Crippen LogP) is 4.06. The van der Waals surface area contributed by atoms with E-state index in [1.807, 2.05) is 53.4 Å². The van der Waals surface area contributed by atoms with Gasteiger partial charge in [0, 0.05) is 11.4 Å². The lowest BCUT2D eigenvalue weighted by Gasteiger charge is -2.23. The molecule has 0 saturated carbocycles. The van der Waals surface area contributed by atoms with Crippen LogP contribution in [0.3, 0.4) is 0 Å². The van der Waals surface area contributed by atoms with E-state index in [2.05, 4.69) is 12.6 Å². The summed E-state index contributed by atoms with van der Waals surface area (Å²) in [6.45, 7) is 0. The third kappa shape index (κ3) is 3.23. The Morgan fingerprint density at radius 1 is 0.850 bits per heavy atom. The van der Waals surface area contributed by atoms with Crippen molar-refractivity contribution >= 4 is 40.5 Å². The lowest BCUT2D eigenvalue weighted by Crippen LogP contribution is -2.19. The smallest absolute Gasteiger partial charge is 0.142 e. The Bertz CT molecular complexity index is 534. The standard InChI is InChI=1S/C15H15NO2S2/c1-17-13-7-3-11(4-8-13)16(15(19)20)12-5-9-14(18-2)10-6-12/h3-10H,1-2H3,(H,19,20). The average Bonchev–Trinajstić information content (AvgIpc) is 2.48. The van der Waals surface area contributed by atoms with Crippen LogP contribution in [0.1, 0.15) is 0 Å². The van der Waals surface area contributed by atoms with Gasteiger partial charge in [-0.1, -0.05) is 12.2 Å². The van der Waals surface area contributed by atoms with Crippen LogP contribution in [-0.2, 0) is 0 Å². The molecule has 5 heteroatoms. The Kier molecular flexibility index (Phi) is 4.87. The number of methoxy groups -OCH3 is 2. The van der Waals surface area contributed by atoms with Gasteiger partial charge >= 0.3 is 0 Å². The average molecular weight is 305 g/mol. The maximum Gasteiger partial charge on any atom is 0.142 e. The van der Waals surface area contributed by atoms with Gasteiger partial charge in [0.1, 0.15) is 15.8 Å². The zero-order valence-electron chi connectivity index (χ0n) is 11.2. The van der Waals surface area contributed by atoms with Crippen molar-refractivity contribution in [3.05, 3.63) is 48.5 Å². The van der Waals surface area contributed by atoms with E-state index in [1.165, 1.54) is 0 Å². The lowest BCUT2D eigenvalue weighted by atomic mass is 10.2. The normalized spacial score (nSPS) is 9.95. The largest absolute Gasteiger partial charge is 0.497 e. The number of nitrogens with zero attached hydrogens (tertiary/aromatic N) is 1. The monoisotopic (exact) mass is 305 g/mol. The Labute approximate surface area is 129 Å². The van der Waals surface area contributed by atoms with Crippen molar-refractivity contribution in [3.8, 4) is 11.5 Å². The van der Waals surface area contributed by atoms with Gasteiger partial charge in [-0.15, -0.1) is 12.6 Å². The van der Waals surface area contributed by atoms with E-state index in [0.717, 1.165) is 22.9 Å². The van der Waals surface area contributed by atoms with Gasteiger partial charge in [-0.05, 0) is 48.5 Å². The summed E-state index contributed by atoms with van der Waals surface area (Å²) >= 11 is 9.54. The molecule has 0 aliphatic rings. The highest BCUT2D eigenvalue weighted by Gasteiger charge is 2.12. The van der Waals surface area contributed by atoms with E-state index >= 15 is 0 Å². The molecule has 0 atom stereocenters. The van der Waals surface area contributed by atoms with Gasteiger partial charge in [0.25, 0.3) is 0 Å². The van der Waals surface area contributed by atoms with E-state index in [0.29, 0.717) is 4.32 Å². The first kappa shape index (κ1) is 14.7. The van der Waals surface area contributed by atoms with Crippen molar-refractivity contribution in [2.75, 3.05) is 19.1 Å². The number of rotatable bonds is 4. The summed E-state index contributed by atoms with van der Waals surface area (Å²) in [5, 5.41) is 0. The summed E-state index contributed by atoms with van der Waals surface area (Å²) in [6.07, 6.45) is 0. The maximum atomic E-state index is 5.23. The summed E-state index contributed by atoms with van der Waals surface area (Å²) in [7, 11) is 3.28. The highest BCUT2D eigenvalue weighted by molar-refractivity contribution is 8.11. The number of thiol groups is 1. The van der Waals surface area contributed by atoms with Crippen molar-refractivity contribution in [2.45, 2.75) is 0 Å². The molecule has 0 unspecified atom stereocenters. The molecule has 0 spiro atoms. The molecule has 0 aromatic heterocycles. The Morgan fingerprint density at radius 3 is 1.45 bits per heavy atom. The molecular weight excluding hydrogens is 290 g/mol. The van der Waals surface area contributed by atoms with Crippen LogP contribution in [0.2, 0.25) is 0 Å². The van der Waals surface area contributed by atoms with Gasteiger partial charge < -0.3 is 9.47 Å². The third-order valence-corrected chi connectivity index (χ3v) is 3.24. The van der Waals surface area contributed by atoms with Crippen molar-refractivity contribution < 1.29 is 9.47 Å². The lowest BCUT2D eigenvalue weighted by molar-refractivity contribution is 0.415. The van der Waals surface area contributed by atoms with Crippen LogP contribution in [0, 0.1) is 0 Å². The van der Waals surface area contributed by atoms with Crippen molar-refractivity contribution in [3.63, 3.8) is 0 Å². The molecule has 0 radical (unpaired) electrons. The molecule has 0 aliphatic carbocycles. The van der Waals surface area contributed by atoms with Crippen LogP contribution in [-0.4, -0.2) is 18.5 Å². The zero-order valence-corrected chi connectivity index (χ0v) is 12.9. The van der Waals surface area contributed by atoms with Gasteiger partial charge in [0.15, 0.2) is 0 Å². The first-order valence-electron chi connectivity index (χ1n) is 5.97. The van der Waals surface area contributed by atoms with Crippen molar-refractivity contribution in [1.82, 2.24) is 0 Å². The second-order valence-electron chi connectivity index (χ2n) is 4.01. The zero-order chi connectivity index (χ0) is 14.5. The second kappa shape index (κ2) is 6.63. The highest BCUT2D eigenvalue weighted by Crippen LogP contribution is 2.29. The SMILES string of the molecule is COc1ccc(N(C(=S)S)c2ccc(OC)cc2)cc1. The quantitative estimate of drug-likeness (QED) is 0.679. The molecule has 0 saturated heterocycles. The first-order chi connectivity index (χ1) is 9.65. The van der Waals surface area contributed by atoms with Crippen LogP contribution in [0.15, 0.2) is 48.5 Å². The van der Waals surface area contributed by atoms with Crippen molar-refractivity contribution in [2.24, 2.45) is 0 Å². The van der Waals surface area contributed by atoms with E-state index in [1.54, 1.807) is 14.2 Å². The Morgan fingerprint density at radius 2 is 1.20 bits per heavy atom. The molecule has 2 aromatic carbocycles. The molecule has 0 aliphatic heterocycles. The minimum absolute atomic E-state index is 0.473. The van der Waals surface area contributed by atoms with Crippen LogP contribution in [0.4, 0.5) is 11.4 Å². The number of benzene rings is 2. The van der Waals surface area contributed by atoms with Crippen LogP contribution in [0.5, 0.6) is 11.5 Å². The maximum absolute atomic E-state index is 5.23. The fourth-order valence-corrected chi connectivity index (χ4v) is 2.27. The minimum Gasteiger partial charge on any atom is -0.497 e. The fourth-order valence-electron chi connectivity index (χ4n) is 1.83. The van der Waals surface area contributed by atoms with Crippen LogP contribution in [0.25, 0.3) is 0 Å². The molecule has 0 amide bonds. The molecule has 2 aromatic rings. The molecule has 20 heavy (non-hydrogen) atoms. The number of ether oxygens (including phenoxy) is 2. The first-order valence-corrected chi connectivity index (χ1v) is 6.82. The van der Waals surface area contributed by atoms with Crippen LogP contribution < -0.4 is 14.4 Å².